The van der Waals surface area contributed by atoms with Crippen LogP contribution in [0.2, 0.25) is 5.02 Å². The molecule has 0 aromatic heterocycles. The maximum atomic E-state index is 12.5. The van der Waals surface area contributed by atoms with Crippen molar-refractivity contribution in [1.82, 2.24) is 10.2 Å². The van der Waals surface area contributed by atoms with Gasteiger partial charge in [-0.05, 0) is 42.5 Å². The molecule has 3 rings (SSSR count). The van der Waals surface area contributed by atoms with E-state index < -0.39 is 0 Å². The third kappa shape index (κ3) is 4.85. The molecular weight excluding hydrogens is 348 g/mol. The highest BCUT2D eigenvalue weighted by atomic mass is 35.5. The number of carbonyl (C=O) groups excluding carboxylic acids is 2. The van der Waals surface area contributed by atoms with Crippen molar-refractivity contribution in [2.75, 3.05) is 13.1 Å². The Hall–Kier alpha value is -2.33. The maximum absolute atomic E-state index is 12.5. The molecule has 0 saturated carbocycles. The molecule has 1 fully saturated rings. The van der Waals surface area contributed by atoms with Crippen LogP contribution in [0.25, 0.3) is 0 Å². The largest absolute Gasteiger partial charge is 0.354 e. The van der Waals surface area contributed by atoms with Crippen molar-refractivity contribution in [3.63, 3.8) is 0 Å². The lowest BCUT2D eigenvalue weighted by Crippen LogP contribution is -2.45. The second kappa shape index (κ2) is 8.86. The third-order valence-electron chi connectivity index (χ3n) is 4.74. The summed E-state index contributed by atoms with van der Waals surface area (Å²) in [5, 5.41) is 3.68. The number of hydrogen-bond acceptors (Lipinski definition) is 2. The summed E-state index contributed by atoms with van der Waals surface area (Å²) in [7, 11) is 0. The van der Waals surface area contributed by atoms with Gasteiger partial charge in [-0.3, -0.25) is 9.59 Å². The molecule has 0 aliphatic carbocycles. The molecule has 0 spiro atoms. The first-order valence-corrected chi connectivity index (χ1v) is 9.37. The summed E-state index contributed by atoms with van der Waals surface area (Å²) in [4.78, 5) is 26.4. The van der Waals surface area contributed by atoms with Crippen molar-refractivity contribution in [2.45, 2.75) is 31.7 Å². The van der Waals surface area contributed by atoms with Gasteiger partial charge in [0.05, 0.1) is 0 Å². The molecule has 2 aromatic carbocycles. The Kier molecular flexibility index (Phi) is 6.29. The number of benzene rings is 2. The van der Waals surface area contributed by atoms with Gasteiger partial charge in [-0.1, -0.05) is 54.1 Å². The smallest absolute Gasteiger partial charge is 0.242 e. The van der Waals surface area contributed by atoms with Gasteiger partial charge in [0, 0.05) is 24.5 Å². The predicted molar refractivity (Wildman–Crippen MR) is 103 cm³/mol. The Balaban J connectivity index is 1.50. The van der Waals surface area contributed by atoms with E-state index in [1.807, 2.05) is 54.6 Å². The van der Waals surface area contributed by atoms with Crippen LogP contribution in [-0.2, 0) is 22.4 Å². The highest BCUT2D eigenvalue weighted by Gasteiger charge is 2.35. The van der Waals surface area contributed by atoms with E-state index in [4.69, 9.17) is 11.6 Å². The van der Waals surface area contributed by atoms with Crippen LogP contribution in [0.1, 0.15) is 24.0 Å². The SMILES string of the molecule is O=C(NCCc1ccc(Cl)cc1)[C@H]1CCC(=O)N1CCc1ccccc1. The number of amides is 2. The van der Waals surface area contributed by atoms with E-state index in [1.54, 1.807) is 4.90 Å². The minimum Gasteiger partial charge on any atom is -0.354 e. The number of rotatable bonds is 7. The molecular formula is C21H23ClN2O2. The molecule has 1 saturated heterocycles. The van der Waals surface area contributed by atoms with Crippen LogP contribution in [0.15, 0.2) is 54.6 Å². The molecule has 5 heteroatoms. The average molecular weight is 371 g/mol. The highest BCUT2D eigenvalue weighted by Crippen LogP contribution is 2.19. The fourth-order valence-corrected chi connectivity index (χ4v) is 3.41. The van der Waals surface area contributed by atoms with Gasteiger partial charge in [0.15, 0.2) is 0 Å². The first-order valence-electron chi connectivity index (χ1n) is 8.99. The van der Waals surface area contributed by atoms with Crippen molar-refractivity contribution in [3.05, 3.63) is 70.7 Å². The van der Waals surface area contributed by atoms with E-state index in [0.717, 1.165) is 18.4 Å². The van der Waals surface area contributed by atoms with Crippen LogP contribution in [0, 0.1) is 0 Å². The standard InChI is InChI=1S/C21H23ClN2O2/c22-18-8-6-17(7-9-18)12-14-23-21(26)19-10-11-20(25)24(19)15-13-16-4-2-1-3-5-16/h1-9,19H,10-15H2,(H,23,26)/t19-/m1/s1. The van der Waals surface area contributed by atoms with Crippen LogP contribution in [0.4, 0.5) is 0 Å². The quantitative estimate of drug-likeness (QED) is 0.813. The Morgan fingerprint density at radius 3 is 2.46 bits per heavy atom. The van der Waals surface area contributed by atoms with Gasteiger partial charge in [-0.15, -0.1) is 0 Å². The Labute approximate surface area is 159 Å². The van der Waals surface area contributed by atoms with Gasteiger partial charge < -0.3 is 10.2 Å². The van der Waals surface area contributed by atoms with E-state index in [9.17, 15) is 9.59 Å². The lowest BCUT2D eigenvalue weighted by molar-refractivity contribution is -0.135. The minimum atomic E-state index is -0.351. The number of carbonyl (C=O) groups is 2. The van der Waals surface area contributed by atoms with Crippen LogP contribution >= 0.6 is 11.6 Å². The van der Waals surface area contributed by atoms with Crippen LogP contribution in [0.3, 0.4) is 0 Å². The molecule has 1 N–H and O–H groups in total. The lowest BCUT2D eigenvalue weighted by Gasteiger charge is -2.24. The zero-order chi connectivity index (χ0) is 18.4. The number of halogens is 1. The number of nitrogens with zero attached hydrogens (tertiary/aromatic N) is 1. The molecule has 0 unspecified atom stereocenters. The summed E-state index contributed by atoms with van der Waals surface area (Å²) in [6.07, 6.45) is 2.55. The Bertz CT molecular complexity index is 746. The predicted octanol–water partition coefficient (Wildman–Crippen LogP) is 3.23. The van der Waals surface area contributed by atoms with Crippen molar-refractivity contribution in [3.8, 4) is 0 Å². The van der Waals surface area contributed by atoms with E-state index in [2.05, 4.69) is 5.32 Å². The van der Waals surface area contributed by atoms with E-state index in [1.165, 1.54) is 5.56 Å². The first-order chi connectivity index (χ1) is 12.6. The van der Waals surface area contributed by atoms with Crippen molar-refractivity contribution < 1.29 is 9.59 Å². The molecule has 1 aliphatic heterocycles. The van der Waals surface area contributed by atoms with Gasteiger partial charge in [0.1, 0.15) is 6.04 Å². The van der Waals surface area contributed by atoms with Crippen LogP contribution in [-0.4, -0.2) is 35.8 Å². The number of likely N-dealkylation sites (tertiary alicyclic amines) is 1. The number of nitrogens with one attached hydrogen (secondary N) is 1. The van der Waals surface area contributed by atoms with Gasteiger partial charge in [0.2, 0.25) is 11.8 Å². The van der Waals surface area contributed by atoms with Crippen LogP contribution < -0.4 is 5.32 Å². The van der Waals surface area contributed by atoms with Crippen LogP contribution in [0.5, 0.6) is 0 Å². The molecule has 1 heterocycles. The van der Waals surface area contributed by atoms with E-state index >= 15 is 0 Å². The summed E-state index contributed by atoms with van der Waals surface area (Å²) >= 11 is 5.88. The fraction of sp³-hybridized carbons (Fsp3) is 0.333. The minimum absolute atomic E-state index is 0.0575. The molecule has 4 nitrogen and oxygen atoms in total. The van der Waals surface area contributed by atoms with Crippen molar-refractivity contribution >= 4 is 23.4 Å². The first kappa shape index (κ1) is 18.5. The van der Waals surface area contributed by atoms with Crippen molar-refractivity contribution in [2.24, 2.45) is 0 Å². The molecule has 1 atom stereocenters. The second-order valence-electron chi connectivity index (χ2n) is 6.54. The third-order valence-corrected chi connectivity index (χ3v) is 4.99. The van der Waals surface area contributed by atoms with E-state index in [0.29, 0.717) is 31.0 Å². The molecule has 136 valence electrons. The zero-order valence-electron chi connectivity index (χ0n) is 14.7. The molecule has 2 aromatic rings. The Morgan fingerprint density at radius 1 is 1.04 bits per heavy atom. The lowest BCUT2D eigenvalue weighted by atomic mass is 10.1. The van der Waals surface area contributed by atoms with Gasteiger partial charge in [-0.25, -0.2) is 0 Å². The molecule has 0 bridgehead atoms. The monoisotopic (exact) mass is 370 g/mol. The summed E-state index contributed by atoms with van der Waals surface area (Å²) in [6, 6.07) is 17.3. The summed E-state index contributed by atoms with van der Waals surface area (Å²) in [6.45, 7) is 1.13. The van der Waals surface area contributed by atoms with Gasteiger partial charge >= 0.3 is 0 Å². The normalized spacial score (nSPS) is 16.7. The fourth-order valence-electron chi connectivity index (χ4n) is 3.28. The summed E-state index contributed by atoms with van der Waals surface area (Å²) < 4.78 is 0. The topological polar surface area (TPSA) is 49.4 Å². The molecule has 2 amide bonds. The summed E-state index contributed by atoms with van der Waals surface area (Å²) in [5.74, 6) is 0.0108. The second-order valence-corrected chi connectivity index (χ2v) is 6.98. The molecule has 1 aliphatic rings. The van der Waals surface area contributed by atoms with Gasteiger partial charge in [0.25, 0.3) is 0 Å². The van der Waals surface area contributed by atoms with Crippen molar-refractivity contribution in [1.29, 1.82) is 0 Å². The molecule has 26 heavy (non-hydrogen) atoms. The maximum Gasteiger partial charge on any atom is 0.242 e. The number of hydrogen-bond donors (Lipinski definition) is 1. The average Bonchev–Trinajstić information content (AvgIpc) is 3.03. The highest BCUT2D eigenvalue weighted by molar-refractivity contribution is 6.30. The Morgan fingerprint density at radius 2 is 1.73 bits per heavy atom. The zero-order valence-corrected chi connectivity index (χ0v) is 15.4. The van der Waals surface area contributed by atoms with E-state index in [-0.39, 0.29) is 17.9 Å². The summed E-state index contributed by atoms with van der Waals surface area (Å²) in [5.41, 5.74) is 2.30. The van der Waals surface area contributed by atoms with Gasteiger partial charge in [-0.2, -0.15) is 0 Å². The molecule has 0 radical (unpaired) electrons.